The highest BCUT2D eigenvalue weighted by molar-refractivity contribution is 7.09. The fourth-order valence-corrected chi connectivity index (χ4v) is 2.36. The van der Waals surface area contributed by atoms with Gasteiger partial charge in [0.25, 0.3) is 5.91 Å². The molecule has 7 heteroatoms. The van der Waals surface area contributed by atoms with Crippen molar-refractivity contribution in [3.05, 3.63) is 16.1 Å². The number of carbonyl (C=O) groups is 1. The Bertz CT molecular complexity index is 415. The quantitative estimate of drug-likeness (QED) is 0.868. The molecule has 1 amide bonds. The van der Waals surface area contributed by atoms with Crippen LogP contribution in [0.5, 0.6) is 0 Å². The molecule has 2 rings (SSSR count). The molecule has 1 saturated heterocycles. The second-order valence-electron chi connectivity index (χ2n) is 4.22. The van der Waals surface area contributed by atoms with Crippen LogP contribution >= 0.6 is 11.3 Å². The van der Waals surface area contributed by atoms with Crippen molar-refractivity contribution < 1.29 is 14.3 Å². The molecule has 0 spiro atoms. The lowest BCUT2D eigenvalue weighted by atomic mass is 10.3. The van der Waals surface area contributed by atoms with Gasteiger partial charge in [0.15, 0.2) is 6.29 Å². The molecule has 1 unspecified atom stereocenters. The van der Waals surface area contributed by atoms with Gasteiger partial charge in [-0.15, -0.1) is 11.3 Å². The number of likely N-dealkylation sites (N-methyl/N-ethyl adjacent to an activating group) is 1. The van der Waals surface area contributed by atoms with E-state index in [4.69, 9.17) is 15.2 Å². The van der Waals surface area contributed by atoms with Gasteiger partial charge in [-0.25, -0.2) is 4.98 Å². The minimum Gasteiger partial charge on any atom is -0.348 e. The summed E-state index contributed by atoms with van der Waals surface area (Å²) in [5.41, 5.74) is 6.14. The third-order valence-corrected chi connectivity index (χ3v) is 3.64. The van der Waals surface area contributed by atoms with Crippen molar-refractivity contribution in [2.45, 2.75) is 19.3 Å². The van der Waals surface area contributed by atoms with Gasteiger partial charge in [0.05, 0.1) is 25.8 Å². The van der Waals surface area contributed by atoms with E-state index in [1.54, 1.807) is 17.3 Å². The highest BCUT2D eigenvalue weighted by atomic mass is 32.1. The summed E-state index contributed by atoms with van der Waals surface area (Å²) in [5, 5.41) is 2.49. The molecular weight excluding hydrogens is 254 g/mol. The van der Waals surface area contributed by atoms with Crippen molar-refractivity contribution in [2.24, 2.45) is 5.73 Å². The Balaban J connectivity index is 1.96. The van der Waals surface area contributed by atoms with E-state index in [-0.39, 0.29) is 18.2 Å². The van der Waals surface area contributed by atoms with Gasteiger partial charge in [-0.05, 0) is 6.92 Å². The number of hydrogen-bond acceptors (Lipinski definition) is 6. The van der Waals surface area contributed by atoms with Crippen LogP contribution in [0.25, 0.3) is 0 Å². The van der Waals surface area contributed by atoms with Crippen LogP contribution in [-0.2, 0) is 9.47 Å². The Labute approximate surface area is 110 Å². The zero-order valence-electron chi connectivity index (χ0n) is 10.5. The first-order valence-electron chi connectivity index (χ1n) is 5.77. The molecule has 0 aliphatic carbocycles. The largest absolute Gasteiger partial charge is 0.348 e. The van der Waals surface area contributed by atoms with Gasteiger partial charge in [0, 0.05) is 12.4 Å². The lowest BCUT2D eigenvalue weighted by Crippen LogP contribution is -2.35. The van der Waals surface area contributed by atoms with E-state index >= 15 is 0 Å². The SMILES string of the molecule is CC(N)c1nc(C(=O)N(C)CC2OCCO2)cs1. The number of aromatic nitrogens is 1. The van der Waals surface area contributed by atoms with E-state index in [0.717, 1.165) is 5.01 Å². The summed E-state index contributed by atoms with van der Waals surface area (Å²) >= 11 is 1.40. The molecular formula is C11H17N3O3S. The summed E-state index contributed by atoms with van der Waals surface area (Å²) in [6, 6.07) is -0.150. The van der Waals surface area contributed by atoms with Gasteiger partial charge >= 0.3 is 0 Å². The highest BCUT2D eigenvalue weighted by Gasteiger charge is 2.23. The molecule has 18 heavy (non-hydrogen) atoms. The van der Waals surface area contributed by atoms with Crippen molar-refractivity contribution in [1.29, 1.82) is 0 Å². The number of carbonyl (C=O) groups excluding carboxylic acids is 1. The molecule has 0 saturated carbocycles. The van der Waals surface area contributed by atoms with Crippen LogP contribution in [0, 0.1) is 0 Å². The minimum absolute atomic E-state index is 0.141. The fourth-order valence-electron chi connectivity index (χ4n) is 1.61. The smallest absolute Gasteiger partial charge is 0.273 e. The maximum atomic E-state index is 12.1. The average Bonchev–Trinajstić information content (AvgIpc) is 2.98. The summed E-state index contributed by atoms with van der Waals surface area (Å²) in [4.78, 5) is 17.9. The molecule has 1 aromatic rings. The maximum Gasteiger partial charge on any atom is 0.273 e. The van der Waals surface area contributed by atoms with Crippen LogP contribution in [0.3, 0.4) is 0 Å². The molecule has 6 nitrogen and oxygen atoms in total. The predicted molar refractivity (Wildman–Crippen MR) is 67.4 cm³/mol. The molecule has 0 bridgehead atoms. The van der Waals surface area contributed by atoms with Crippen LogP contribution < -0.4 is 5.73 Å². The van der Waals surface area contributed by atoms with Gasteiger partial charge in [-0.1, -0.05) is 0 Å². The molecule has 1 atom stereocenters. The molecule has 0 radical (unpaired) electrons. The monoisotopic (exact) mass is 271 g/mol. The Kier molecular flexibility index (Phi) is 4.28. The summed E-state index contributed by atoms with van der Waals surface area (Å²) in [6.45, 7) is 3.41. The number of hydrogen-bond donors (Lipinski definition) is 1. The molecule has 100 valence electrons. The zero-order valence-corrected chi connectivity index (χ0v) is 11.3. The number of thiazole rings is 1. The van der Waals surface area contributed by atoms with Crippen molar-refractivity contribution in [1.82, 2.24) is 9.88 Å². The topological polar surface area (TPSA) is 77.7 Å². The van der Waals surface area contributed by atoms with Crippen LogP contribution in [0.15, 0.2) is 5.38 Å². The number of amides is 1. The van der Waals surface area contributed by atoms with Crippen molar-refractivity contribution in [2.75, 3.05) is 26.8 Å². The number of nitrogens with zero attached hydrogens (tertiary/aromatic N) is 2. The first-order valence-corrected chi connectivity index (χ1v) is 6.65. The van der Waals surface area contributed by atoms with Gasteiger partial charge < -0.3 is 20.1 Å². The van der Waals surface area contributed by atoms with Gasteiger partial charge in [-0.3, -0.25) is 4.79 Å². The van der Waals surface area contributed by atoms with E-state index in [0.29, 0.717) is 25.5 Å². The molecule has 1 fully saturated rings. The molecule has 1 aliphatic rings. The van der Waals surface area contributed by atoms with Gasteiger partial charge in [0.2, 0.25) is 0 Å². The highest BCUT2D eigenvalue weighted by Crippen LogP contribution is 2.17. The summed E-state index contributed by atoms with van der Waals surface area (Å²) in [7, 11) is 1.71. The van der Waals surface area contributed by atoms with Crippen molar-refractivity contribution in [3.63, 3.8) is 0 Å². The third-order valence-electron chi connectivity index (χ3n) is 2.59. The van der Waals surface area contributed by atoms with E-state index in [2.05, 4.69) is 4.98 Å². The van der Waals surface area contributed by atoms with Crippen molar-refractivity contribution >= 4 is 17.2 Å². The Morgan fingerprint density at radius 1 is 1.67 bits per heavy atom. The minimum atomic E-state index is -0.328. The Morgan fingerprint density at radius 2 is 2.33 bits per heavy atom. The average molecular weight is 271 g/mol. The second-order valence-corrected chi connectivity index (χ2v) is 5.11. The van der Waals surface area contributed by atoms with E-state index in [1.807, 2.05) is 6.92 Å². The van der Waals surface area contributed by atoms with Crippen molar-refractivity contribution in [3.8, 4) is 0 Å². The molecule has 2 N–H and O–H groups in total. The lowest BCUT2D eigenvalue weighted by Gasteiger charge is -2.19. The molecule has 0 aromatic carbocycles. The van der Waals surface area contributed by atoms with E-state index < -0.39 is 0 Å². The van der Waals surface area contributed by atoms with Crippen LogP contribution in [0.1, 0.15) is 28.5 Å². The maximum absolute atomic E-state index is 12.1. The van der Waals surface area contributed by atoms with Crippen LogP contribution in [-0.4, -0.2) is 48.9 Å². The van der Waals surface area contributed by atoms with Crippen LogP contribution in [0.2, 0.25) is 0 Å². The Morgan fingerprint density at radius 3 is 2.89 bits per heavy atom. The zero-order chi connectivity index (χ0) is 13.1. The normalized spacial score (nSPS) is 17.9. The fraction of sp³-hybridized carbons (Fsp3) is 0.636. The number of nitrogens with two attached hydrogens (primary N) is 1. The van der Waals surface area contributed by atoms with Gasteiger partial charge in [-0.2, -0.15) is 0 Å². The summed E-state index contributed by atoms with van der Waals surface area (Å²) in [5.74, 6) is -0.141. The lowest BCUT2D eigenvalue weighted by molar-refractivity contribution is -0.0543. The van der Waals surface area contributed by atoms with E-state index in [1.165, 1.54) is 11.3 Å². The molecule has 1 aromatic heterocycles. The molecule has 1 aliphatic heterocycles. The predicted octanol–water partition coefficient (Wildman–Crippen LogP) is 0.608. The second kappa shape index (κ2) is 5.75. The standard InChI is InChI=1S/C11H17N3O3S/c1-7(12)10-13-8(6-18-10)11(15)14(2)5-9-16-3-4-17-9/h6-7,9H,3-5,12H2,1-2H3. The third kappa shape index (κ3) is 3.05. The van der Waals surface area contributed by atoms with E-state index in [9.17, 15) is 4.79 Å². The summed E-state index contributed by atoms with van der Waals surface area (Å²) < 4.78 is 10.6. The van der Waals surface area contributed by atoms with Gasteiger partial charge in [0.1, 0.15) is 10.7 Å². The molecule has 2 heterocycles. The summed E-state index contributed by atoms with van der Waals surface area (Å²) in [6.07, 6.45) is -0.328. The first kappa shape index (κ1) is 13.4. The first-order chi connectivity index (χ1) is 8.58. The number of ether oxygens (including phenoxy) is 2. The number of rotatable bonds is 4. The Hall–Kier alpha value is -1.02. The van der Waals surface area contributed by atoms with Crippen LogP contribution in [0.4, 0.5) is 0 Å².